The number of hydrogen-bond donors (Lipinski definition) is 2. The molecule has 3 aromatic rings. The van der Waals surface area contributed by atoms with E-state index in [9.17, 15) is 9.50 Å². The summed E-state index contributed by atoms with van der Waals surface area (Å²) in [5.74, 6) is 1.54. The van der Waals surface area contributed by atoms with E-state index in [-0.39, 0.29) is 11.2 Å². The number of phenols is 1. The second-order valence-electron chi connectivity index (χ2n) is 9.48. The predicted octanol–water partition coefficient (Wildman–Crippen LogP) is 4.78. The highest BCUT2D eigenvalue weighted by atomic mass is 19.1. The van der Waals surface area contributed by atoms with Crippen LogP contribution >= 0.6 is 0 Å². The number of phenolic OH excluding ortho intramolecular Hbond substituents is 1. The molecule has 1 saturated carbocycles. The minimum atomic E-state index is -0.115. The van der Waals surface area contributed by atoms with Crippen molar-refractivity contribution in [2.45, 2.75) is 37.5 Å². The van der Waals surface area contributed by atoms with Crippen molar-refractivity contribution in [3.8, 4) is 5.75 Å². The van der Waals surface area contributed by atoms with Gasteiger partial charge in [-0.05, 0) is 85.9 Å². The van der Waals surface area contributed by atoms with Gasteiger partial charge >= 0.3 is 0 Å². The second-order valence-corrected chi connectivity index (χ2v) is 9.48. The molecule has 3 nitrogen and oxygen atoms in total. The van der Waals surface area contributed by atoms with Crippen molar-refractivity contribution in [1.82, 2.24) is 9.88 Å². The van der Waals surface area contributed by atoms with E-state index in [1.54, 1.807) is 18.2 Å². The first kappa shape index (κ1) is 17.5. The lowest BCUT2D eigenvalue weighted by Crippen LogP contribution is -2.54. The summed E-state index contributed by atoms with van der Waals surface area (Å²) in [4.78, 5) is 6.17. The average molecular weight is 391 g/mol. The third kappa shape index (κ3) is 2.80. The van der Waals surface area contributed by atoms with Crippen LogP contribution in [0.2, 0.25) is 0 Å². The molecule has 150 valence electrons. The first-order valence-electron chi connectivity index (χ1n) is 10.9. The molecule has 2 fully saturated rings. The van der Waals surface area contributed by atoms with E-state index in [4.69, 9.17) is 0 Å². The molecule has 0 bridgehead atoms. The maximum absolute atomic E-state index is 14.7. The molecular weight excluding hydrogens is 363 g/mol. The Morgan fingerprint density at radius 2 is 2.03 bits per heavy atom. The molecule has 2 unspecified atom stereocenters. The number of H-pyrrole nitrogens is 1. The van der Waals surface area contributed by atoms with Gasteiger partial charge in [0.25, 0.3) is 0 Å². The first-order valence-corrected chi connectivity index (χ1v) is 10.9. The van der Waals surface area contributed by atoms with Crippen molar-refractivity contribution in [2.75, 3.05) is 19.6 Å². The molecule has 0 spiro atoms. The second kappa shape index (κ2) is 6.33. The summed E-state index contributed by atoms with van der Waals surface area (Å²) in [6, 6.07) is 13.2. The van der Waals surface area contributed by atoms with Gasteiger partial charge in [0.1, 0.15) is 11.6 Å². The van der Waals surface area contributed by atoms with E-state index in [1.807, 2.05) is 18.2 Å². The van der Waals surface area contributed by atoms with Gasteiger partial charge in [0, 0.05) is 35.1 Å². The summed E-state index contributed by atoms with van der Waals surface area (Å²) in [6.07, 6.45) is 5.62. The summed E-state index contributed by atoms with van der Waals surface area (Å²) in [5.41, 5.74) is 4.50. The van der Waals surface area contributed by atoms with Crippen molar-refractivity contribution >= 4 is 10.9 Å². The summed E-state index contributed by atoms with van der Waals surface area (Å²) in [6.45, 7) is 3.38. The number of hydrogen-bond acceptors (Lipinski definition) is 2. The first-order chi connectivity index (χ1) is 14.1. The van der Waals surface area contributed by atoms with Gasteiger partial charge in [-0.15, -0.1) is 0 Å². The number of halogens is 1. The van der Waals surface area contributed by atoms with Crippen LogP contribution in [-0.2, 0) is 18.3 Å². The van der Waals surface area contributed by atoms with Gasteiger partial charge < -0.3 is 15.0 Å². The summed E-state index contributed by atoms with van der Waals surface area (Å²) in [5, 5.41) is 11.0. The molecule has 1 aromatic heterocycles. The summed E-state index contributed by atoms with van der Waals surface area (Å²) < 4.78 is 14.7. The number of rotatable bonds is 3. The maximum atomic E-state index is 14.7. The molecule has 0 radical (unpaired) electrons. The molecule has 4 heteroatoms. The van der Waals surface area contributed by atoms with E-state index in [0.717, 1.165) is 49.2 Å². The van der Waals surface area contributed by atoms with Crippen molar-refractivity contribution in [3.63, 3.8) is 0 Å². The van der Waals surface area contributed by atoms with Crippen LogP contribution in [-0.4, -0.2) is 34.6 Å². The van der Waals surface area contributed by atoms with Crippen molar-refractivity contribution in [3.05, 3.63) is 65.1 Å². The fourth-order valence-electron chi connectivity index (χ4n) is 6.02. The van der Waals surface area contributed by atoms with Crippen LogP contribution in [0.15, 0.2) is 42.5 Å². The Balaban J connectivity index is 1.46. The van der Waals surface area contributed by atoms with Crippen molar-refractivity contribution in [2.24, 2.45) is 11.8 Å². The van der Waals surface area contributed by atoms with Gasteiger partial charge in [-0.1, -0.05) is 18.2 Å². The number of benzene rings is 2. The third-order valence-electron chi connectivity index (χ3n) is 7.68. The number of nitrogens with zero attached hydrogens (tertiary/aromatic N) is 1. The molecule has 3 aliphatic rings. The molecule has 29 heavy (non-hydrogen) atoms. The Labute approximate surface area is 170 Å². The van der Waals surface area contributed by atoms with Gasteiger partial charge in [-0.3, -0.25) is 0 Å². The summed E-state index contributed by atoms with van der Waals surface area (Å²) in [7, 11) is 0. The Morgan fingerprint density at radius 1 is 1.17 bits per heavy atom. The lowest BCUT2D eigenvalue weighted by atomic mass is 9.58. The van der Waals surface area contributed by atoms with Crippen molar-refractivity contribution in [1.29, 1.82) is 0 Å². The summed E-state index contributed by atoms with van der Waals surface area (Å²) >= 11 is 0. The zero-order valence-electron chi connectivity index (χ0n) is 16.6. The number of likely N-dealkylation sites (tertiary alicyclic amines) is 1. The van der Waals surface area contributed by atoms with Gasteiger partial charge in [0.15, 0.2) is 0 Å². The molecule has 2 atom stereocenters. The topological polar surface area (TPSA) is 39.3 Å². The van der Waals surface area contributed by atoms with Crippen LogP contribution in [0.4, 0.5) is 4.39 Å². The van der Waals surface area contributed by atoms with Crippen LogP contribution in [0.5, 0.6) is 5.75 Å². The number of aromatic hydroxyl groups is 1. The van der Waals surface area contributed by atoms with Crippen molar-refractivity contribution < 1.29 is 9.50 Å². The molecule has 2 N–H and O–H groups in total. The Morgan fingerprint density at radius 3 is 2.86 bits per heavy atom. The Hall–Kier alpha value is -2.33. The third-order valence-corrected chi connectivity index (χ3v) is 7.68. The highest BCUT2D eigenvalue weighted by Crippen LogP contribution is 2.50. The van der Waals surface area contributed by atoms with E-state index in [0.29, 0.717) is 11.7 Å². The molecule has 1 aliphatic heterocycles. The van der Waals surface area contributed by atoms with E-state index < -0.39 is 0 Å². The number of aromatic nitrogens is 1. The molecular formula is C25H27FN2O. The fourth-order valence-corrected chi connectivity index (χ4v) is 6.02. The molecule has 6 rings (SSSR count). The minimum Gasteiger partial charge on any atom is -0.508 e. The largest absolute Gasteiger partial charge is 0.508 e. The lowest BCUT2D eigenvalue weighted by molar-refractivity contribution is 0.0782. The fraction of sp³-hybridized carbons (Fsp3) is 0.440. The maximum Gasteiger partial charge on any atom is 0.132 e. The zero-order chi connectivity index (χ0) is 19.6. The minimum absolute atomic E-state index is 0.00312. The van der Waals surface area contributed by atoms with E-state index >= 15 is 0 Å². The highest BCUT2D eigenvalue weighted by molar-refractivity contribution is 5.85. The molecule has 2 aromatic carbocycles. The van der Waals surface area contributed by atoms with Crippen LogP contribution in [0.25, 0.3) is 10.9 Å². The van der Waals surface area contributed by atoms with Gasteiger partial charge in [0.2, 0.25) is 0 Å². The normalized spacial score (nSPS) is 27.0. The van der Waals surface area contributed by atoms with E-state index in [2.05, 4.69) is 16.0 Å². The lowest BCUT2D eigenvalue weighted by Gasteiger charge is -2.51. The zero-order valence-corrected chi connectivity index (χ0v) is 16.6. The van der Waals surface area contributed by atoms with Gasteiger partial charge in [-0.25, -0.2) is 4.39 Å². The standard InChI is InChI=1S/C25H27FN2O/c26-21-5-2-6-22-24(21)20-12-18-15-28(14-16-7-8-16)10-9-25(18,13-23(20)27-22)17-3-1-4-19(29)11-17/h1-6,11,16,18,27,29H,7-10,12-15H2. The SMILES string of the molecule is Oc1cccc(C23CCN(CC4CC4)CC2Cc2c([nH]c4cccc(F)c24)C3)c1. The van der Waals surface area contributed by atoms with Crippen LogP contribution < -0.4 is 0 Å². The number of aromatic amines is 1. The quantitative estimate of drug-likeness (QED) is 0.675. The predicted molar refractivity (Wildman–Crippen MR) is 113 cm³/mol. The van der Waals surface area contributed by atoms with E-state index in [1.165, 1.54) is 36.2 Å². The number of piperidine rings is 1. The average Bonchev–Trinajstić information content (AvgIpc) is 3.45. The van der Waals surface area contributed by atoms with Crippen LogP contribution in [0.1, 0.15) is 36.1 Å². The van der Waals surface area contributed by atoms with Crippen LogP contribution in [0.3, 0.4) is 0 Å². The molecule has 2 aliphatic carbocycles. The molecule has 0 amide bonds. The Bertz CT molecular complexity index is 1090. The molecule has 2 heterocycles. The smallest absolute Gasteiger partial charge is 0.132 e. The number of nitrogens with one attached hydrogen (secondary N) is 1. The van der Waals surface area contributed by atoms with Gasteiger partial charge in [-0.2, -0.15) is 0 Å². The Kier molecular flexibility index (Phi) is 3.83. The van der Waals surface area contributed by atoms with Crippen LogP contribution in [0, 0.1) is 17.7 Å². The number of fused-ring (bicyclic) bond motifs is 4. The highest BCUT2D eigenvalue weighted by Gasteiger charge is 2.48. The molecule has 1 saturated heterocycles. The monoisotopic (exact) mass is 390 g/mol. The van der Waals surface area contributed by atoms with Gasteiger partial charge in [0.05, 0.1) is 0 Å².